The fourth-order valence-electron chi connectivity index (χ4n) is 3.60. The number of rotatable bonds is 6. The van der Waals surface area contributed by atoms with Crippen molar-refractivity contribution in [3.63, 3.8) is 0 Å². The summed E-state index contributed by atoms with van der Waals surface area (Å²) in [4.78, 5) is 23.3. The summed E-state index contributed by atoms with van der Waals surface area (Å²) in [5, 5.41) is 9.49. The van der Waals surface area contributed by atoms with Gasteiger partial charge in [0.15, 0.2) is 0 Å². The van der Waals surface area contributed by atoms with Crippen molar-refractivity contribution in [2.75, 3.05) is 26.4 Å². The molecule has 1 N–H and O–H groups in total. The van der Waals surface area contributed by atoms with Crippen LogP contribution >= 0.6 is 11.3 Å². The first-order valence-electron chi connectivity index (χ1n) is 10.1. The van der Waals surface area contributed by atoms with E-state index in [1.807, 2.05) is 30.6 Å². The molecule has 156 valence electrons. The Morgan fingerprint density at radius 1 is 1.33 bits per heavy atom. The van der Waals surface area contributed by atoms with Crippen LogP contribution in [0.5, 0.6) is 0 Å². The number of nitrogens with one attached hydrogen (secondary N) is 1. The van der Waals surface area contributed by atoms with E-state index in [1.165, 1.54) is 0 Å². The average Bonchev–Trinajstić information content (AvgIpc) is 3.28. The average molecular weight is 426 g/mol. The van der Waals surface area contributed by atoms with Crippen LogP contribution in [0.15, 0.2) is 29.9 Å². The van der Waals surface area contributed by atoms with Crippen LogP contribution in [0.4, 0.5) is 0 Å². The molecule has 2 fully saturated rings. The normalized spacial score (nSPS) is 19.0. The molecular weight excluding hydrogens is 402 g/mol. The van der Waals surface area contributed by atoms with Gasteiger partial charge < -0.3 is 14.8 Å². The maximum Gasteiger partial charge on any atom is 0.254 e. The Labute approximate surface area is 178 Å². The van der Waals surface area contributed by atoms with Gasteiger partial charge >= 0.3 is 0 Å². The smallest absolute Gasteiger partial charge is 0.254 e. The van der Waals surface area contributed by atoms with Crippen LogP contribution in [0.1, 0.15) is 40.4 Å². The van der Waals surface area contributed by atoms with Gasteiger partial charge in [-0.25, -0.2) is 14.6 Å². The lowest BCUT2D eigenvalue weighted by atomic mass is 10.1. The number of carbonyl (C=O) groups excluding carboxylic acids is 1. The van der Waals surface area contributed by atoms with Crippen molar-refractivity contribution in [1.29, 1.82) is 0 Å². The van der Waals surface area contributed by atoms with Crippen molar-refractivity contribution in [2.45, 2.75) is 31.8 Å². The second kappa shape index (κ2) is 8.25. The Bertz CT molecular complexity index is 1040. The predicted octanol–water partition coefficient (Wildman–Crippen LogP) is 2.72. The van der Waals surface area contributed by atoms with E-state index in [2.05, 4.69) is 15.4 Å². The fourth-order valence-corrected chi connectivity index (χ4v) is 4.37. The van der Waals surface area contributed by atoms with Gasteiger partial charge in [0.1, 0.15) is 0 Å². The fraction of sp³-hybridized carbons (Fsp3) is 0.429. The van der Waals surface area contributed by atoms with E-state index in [1.54, 1.807) is 22.2 Å². The van der Waals surface area contributed by atoms with E-state index in [0.29, 0.717) is 43.8 Å². The molecule has 0 aromatic carbocycles. The third-order valence-corrected chi connectivity index (χ3v) is 6.17. The first-order chi connectivity index (χ1) is 14.7. The molecule has 2 aliphatic rings. The number of hydrogen-bond acceptors (Lipinski definition) is 7. The molecule has 1 atom stereocenters. The molecule has 3 aromatic rings. The van der Waals surface area contributed by atoms with Crippen molar-refractivity contribution in [3.8, 4) is 16.5 Å². The molecule has 30 heavy (non-hydrogen) atoms. The summed E-state index contributed by atoms with van der Waals surface area (Å²) in [6, 6.07) is 4.05. The zero-order valence-electron chi connectivity index (χ0n) is 16.7. The van der Waals surface area contributed by atoms with Crippen molar-refractivity contribution >= 4 is 17.2 Å². The number of carbonyl (C=O) groups is 1. The highest BCUT2D eigenvalue weighted by Crippen LogP contribution is 2.42. The minimum Gasteiger partial charge on any atom is -0.376 e. The van der Waals surface area contributed by atoms with Crippen LogP contribution in [0.3, 0.4) is 0 Å². The molecule has 1 aliphatic carbocycles. The second-order valence-electron chi connectivity index (χ2n) is 7.59. The van der Waals surface area contributed by atoms with Crippen molar-refractivity contribution in [3.05, 3.63) is 46.7 Å². The molecule has 0 spiro atoms. The highest BCUT2D eigenvalue weighted by molar-refractivity contribution is 7.13. The Kier molecular flexibility index (Phi) is 5.32. The number of hydrogen-bond donors (Lipinski definition) is 1. The number of nitrogens with zero attached hydrogens (tertiary/aromatic N) is 4. The van der Waals surface area contributed by atoms with Gasteiger partial charge in [0.25, 0.3) is 11.9 Å². The van der Waals surface area contributed by atoms with Gasteiger partial charge in [0.05, 0.1) is 53.9 Å². The van der Waals surface area contributed by atoms with Crippen molar-refractivity contribution < 1.29 is 14.3 Å². The molecule has 0 radical (unpaired) electrons. The van der Waals surface area contributed by atoms with E-state index < -0.39 is 0 Å². The summed E-state index contributed by atoms with van der Waals surface area (Å²) in [6.45, 7) is 4.07. The summed E-state index contributed by atoms with van der Waals surface area (Å²) < 4.78 is 12.7. The number of aryl methyl sites for hydroxylation is 1. The second-order valence-corrected chi connectivity index (χ2v) is 8.53. The Morgan fingerprint density at radius 3 is 2.97 bits per heavy atom. The van der Waals surface area contributed by atoms with Crippen LogP contribution in [0.2, 0.25) is 0 Å². The van der Waals surface area contributed by atoms with Crippen LogP contribution in [0.25, 0.3) is 16.5 Å². The molecule has 1 saturated heterocycles. The Balaban J connectivity index is 1.42. The molecule has 0 bridgehead atoms. The third-order valence-electron chi connectivity index (χ3n) is 5.29. The lowest BCUT2D eigenvalue weighted by Crippen LogP contribution is -2.39. The van der Waals surface area contributed by atoms with E-state index in [9.17, 15) is 4.79 Å². The van der Waals surface area contributed by atoms with E-state index in [0.717, 1.165) is 34.7 Å². The summed E-state index contributed by atoms with van der Waals surface area (Å²) in [5.74, 6) is 0.648. The molecule has 8 nitrogen and oxygen atoms in total. The monoisotopic (exact) mass is 425 g/mol. The van der Waals surface area contributed by atoms with Crippen LogP contribution in [0, 0.1) is 6.92 Å². The molecule has 1 unspecified atom stereocenters. The van der Waals surface area contributed by atoms with Crippen LogP contribution < -0.4 is 5.32 Å². The number of amides is 1. The predicted molar refractivity (Wildman–Crippen MR) is 112 cm³/mol. The largest absolute Gasteiger partial charge is 0.376 e. The SMILES string of the molecule is Cc1cnc(-n2ncc(C(=O)NCC3COCCO3)c2C2CC2)nc1-c1cccs1. The lowest BCUT2D eigenvalue weighted by molar-refractivity contribution is -0.0855. The summed E-state index contributed by atoms with van der Waals surface area (Å²) in [7, 11) is 0. The quantitative estimate of drug-likeness (QED) is 0.653. The molecule has 9 heteroatoms. The number of thiophene rings is 1. The van der Waals surface area contributed by atoms with Crippen molar-refractivity contribution in [2.24, 2.45) is 0 Å². The van der Waals surface area contributed by atoms with Gasteiger partial charge in [-0.2, -0.15) is 5.10 Å². The molecular formula is C21H23N5O3S. The number of ether oxygens (including phenoxy) is 2. The lowest BCUT2D eigenvalue weighted by Gasteiger charge is -2.23. The first kappa shape index (κ1) is 19.3. The minimum absolute atomic E-state index is 0.115. The molecule has 1 saturated carbocycles. The zero-order chi connectivity index (χ0) is 20.5. The number of aromatic nitrogens is 4. The van der Waals surface area contributed by atoms with Gasteiger partial charge in [-0.3, -0.25) is 4.79 Å². The van der Waals surface area contributed by atoms with Crippen LogP contribution in [-0.4, -0.2) is 58.1 Å². The molecule has 1 amide bonds. The van der Waals surface area contributed by atoms with Gasteiger partial charge in [0, 0.05) is 18.7 Å². The van der Waals surface area contributed by atoms with Gasteiger partial charge in [-0.1, -0.05) is 6.07 Å². The standard InChI is InChI=1S/C21H23N5O3S/c1-13-9-23-21(25-18(13)17-3-2-8-30-17)26-19(14-4-5-14)16(11-24-26)20(27)22-10-15-12-28-6-7-29-15/h2-3,8-9,11,14-15H,4-7,10,12H2,1H3,(H,22,27). The van der Waals surface area contributed by atoms with Gasteiger partial charge in [0.2, 0.25) is 0 Å². The Hall–Kier alpha value is -2.62. The summed E-state index contributed by atoms with van der Waals surface area (Å²) in [5.41, 5.74) is 3.37. The highest BCUT2D eigenvalue weighted by Gasteiger charge is 2.34. The highest BCUT2D eigenvalue weighted by atomic mass is 32.1. The molecule has 5 rings (SSSR count). The van der Waals surface area contributed by atoms with Crippen LogP contribution in [-0.2, 0) is 9.47 Å². The Morgan fingerprint density at radius 2 is 2.23 bits per heavy atom. The first-order valence-corrected chi connectivity index (χ1v) is 11.0. The minimum atomic E-state index is -0.150. The van der Waals surface area contributed by atoms with Crippen molar-refractivity contribution in [1.82, 2.24) is 25.1 Å². The van der Waals surface area contributed by atoms with E-state index in [-0.39, 0.29) is 12.0 Å². The zero-order valence-corrected chi connectivity index (χ0v) is 17.5. The van der Waals surface area contributed by atoms with Gasteiger partial charge in [-0.05, 0) is 36.8 Å². The summed E-state index contributed by atoms with van der Waals surface area (Å²) in [6.07, 6.45) is 5.39. The topological polar surface area (TPSA) is 91.2 Å². The molecule has 1 aliphatic heterocycles. The van der Waals surface area contributed by atoms with E-state index in [4.69, 9.17) is 14.5 Å². The van der Waals surface area contributed by atoms with E-state index >= 15 is 0 Å². The third kappa shape index (κ3) is 3.88. The molecule has 3 aromatic heterocycles. The van der Waals surface area contributed by atoms with Gasteiger partial charge in [-0.15, -0.1) is 11.3 Å². The summed E-state index contributed by atoms with van der Waals surface area (Å²) >= 11 is 1.64. The maximum absolute atomic E-state index is 12.9. The molecule has 4 heterocycles. The maximum atomic E-state index is 12.9.